The van der Waals surface area contributed by atoms with Crippen LogP contribution in [0.1, 0.15) is 23.2 Å². The topological polar surface area (TPSA) is 83.9 Å². The first-order chi connectivity index (χ1) is 9.97. The molecule has 3 rings (SSSR count). The zero-order valence-corrected chi connectivity index (χ0v) is 10.9. The summed E-state index contributed by atoms with van der Waals surface area (Å²) in [6, 6.07) is 3.53. The Hall–Kier alpha value is -2.28. The maximum Gasteiger partial charge on any atom is 0.332 e. The lowest BCUT2D eigenvalue weighted by atomic mass is 10.1. The van der Waals surface area contributed by atoms with Crippen LogP contribution in [0.3, 0.4) is 0 Å². The third-order valence-electron chi connectivity index (χ3n) is 3.70. The van der Waals surface area contributed by atoms with Gasteiger partial charge in [-0.1, -0.05) is 0 Å². The number of fused-ring (bicyclic) bond motifs is 1. The number of Topliss-reactive ketones (excluding diaryl/α,β-unsaturated/α-hetero) is 1. The van der Waals surface area contributed by atoms with E-state index < -0.39 is 35.7 Å². The molecule has 0 radical (unpaired) electrons. The third kappa shape index (κ3) is 2.29. The van der Waals surface area contributed by atoms with Crippen molar-refractivity contribution < 1.29 is 28.6 Å². The van der Waals surface area contributed by atoms with Crippen LogP contribution in [0.4, 0.5) is 10.1 Å². The molecule has 1 saturated heterocycles. The summed E-state index contributed by atoms with van der Waals surface area (Å²) < 4.78 is 18.6. The molecule has 2 aliphatic rings. The van der Waals surface area contributed by atoms with Gasteiger partial charge >= 0.3 is 5.97 Å². The van der Waals surface area contributed by atoms with E-state index in [1.54, 1.807) is 0 Å². The highest BCUT2D eigenvalue weighted by atomic mass is 19.1. The molecule has 0 spiro atoms. The van der Waals surface area contributed by atoms with Gasteiger partial charge in [0.25, 0.3) is 11.7 Å². The lowest BCUT2D eigenvalue weighted by Gasteiger charge is -2.20. The Morgan fingerprint density at radius 3 is 2.81 bits per heavy atom. The Morgan fingerprint density at radius 2 is 2.14 bits per heavy atom. The molecule has 7 heteroatoms. The normalized spacial score (nSPS) is 24.5. The SMILES string of the molecule is O=C1C(=O)N(CC2CCC(C(=O)O)O2)c2cc(F)ccc21. The smallest absolute Gasteiger partial charge is 0.332 e. The van der Waals surface area contributed by atoms with E-state index in [0.29, 0.717) is 12.8 Å². The van der Waals surface area contributed by atoms with Crippen molar-refractivity contribution in [1.29, 1.82) is 0 Å². The molecule has 1 amide bonds. The van der Waals surface area contributed by atoms with Crippen LogP contribution in [-0.4, -0.2) is 41.5 Å². The van der Waals surface area contributed by atoms with Crippen molar-refractivity contribution in [1.82, 2.24) is 0 Å². The Bertz CT molecular complexity index is 644. The van der Waals surface area contributed by atoms with Gasteiger partial charge in [0.1, 0.15) is 5.82 Å². The first-order valence-corrected chi connectivity index (χ1v) is 6.51. The molecule has 2 aliphatic heterocycles. The predicted octanol–water partition coefficient (Wildman–Crippen LogP) is 0.987. The van der Waals surface area contributed by atoms with Crippen LogP contribution >= 0.6 is 0 Å². The van der Waals surface area contributed by atoms with Gasteiger partial charge in [0, 0.05) is 0 Å². The number of hydrogen-bond donors (Lipinski definition) is 1. The third-order valence-corrected chi connectivity index (χ3v) is 3.70. The Kier molecular flexibility index (Phi) is 3.21. The van der Waals surface area contributed by atoms with Gasteiger partial charge < -0.3 is 14.7 Å². The van der Waals surface area contributed by atoms with E-state index in [4.69, 9.17) is 9.84 Å². The Labute approximate surface area is 119 Å². The molecule has 1 aromatic rings. The molecule has 1 aromatic carbocycles. The molecular weight excluding hydrogens is 281 g/mol. The molecule has 0 saturated carbocycles. The highest BCUT2D eigenvalue weighted by Crippen LogP contribution is 2.31. The van der Waals surface area contributed by atoms with E-state index in [1.807, 2.05) is 0 Å². The fraction of sp³-hybridized carbons (Fsp3) is 0.357. The van der Waals surface area contributed by atoms with E-state index >= 15 is 0 Å². The number of benzene rings is 1. The molecule has 1 fully saturated rings. The van der Waals surface area contributed by atoms with Crippen molar-refractivity contribution in [3.05, 3.63) is 29.6 Å². The van der Waals surface area contributed by atoms with Crippen molar-refractivity contribution in [3.63, 3.8) is 0 Å². The first kappa shape index (κ1) is 13.7. The van der Waals surface area contributed by atoms with Crippen molar-refractivity contribution in [2.24, 2.45) is 0 Å². The molecule has 6 nitrogen and oxygen atoms in total. The first-order valence-electron chi connectivity index (χ1n) is 6.51. The highest BCUT2D eigenvalue weighted by Gasteiger charge is 2.39. The molecule has 2 unspecified atom stereocenters. The minimum Gasteiger partial charge on any atom is -0.479 e. The van der Waals surface area contributed by atoms with Crippen molar-refractivity contribution >= 4 is 23.3 Å². The number of halogens is 1. The maximum absolute atomic E-state index is 13.3. The summed E-state index contributed by atoms with van der Waals surface area (Å²) in [6.45, 7) is 0.0464. The Morgan fingerprint density at radius 1 is 1.38 bits per heavy atom. The van der Waals surface area contributed by atoms with Crippen LogP contribution in [0.25, 0.3) is 0 Å². The lowest BCUT2D eigenvalue weighted by Crippen LogP contribution is -2.37. The number of carboxylic acid groups (broad SMARTS) is 1. The highest BCUT2D eigenvalue weighted by molar-refractivity contribution is 6.52. The number of carboxylic acids is 1. The maximum atomic E-state index is 13.3. The van der Waals surface area contributed by atoms with Gasteiger partial charge in [0.15, 0.2) is 6.10 Å². The average molecular weight is 293 g/mol. The quantitative estimate of drug-likeness (QED) is 0.840. The molecule has 2 atom stereocenters. The van der Waals surface area contributed by atoms with Gasteiger partial charge in [-0.25, -0.2) is 9.18 Å². The number of carbonyl (C=O) groups excluding carboxylic acids is 2. The van der Waals surface area contributed by atoms with Crippen molar-refractivity contribution in [2.45, 2.75) is 25.0 Å². The van der Waals surface area contributed by atoms with Gasteiger partial charge in [0.2, 0.25) is 0 Å². The standard InChI is InChI=1S/C14H12FNO5/c15-7-1-3-9-10(5-7)16(13(18)12(9)17)6-8-2-4-11(21-8)14(19)20/h1,3,5,8,11H,2,4,6H2,(H,19,20). The fourth-order valence-electron chi connectivity index (χ4n) is 2.67. The number of aliphatic carboxylic acids is 1. The van der Waals surface area contributed by atoms with Gasteiger partial charge in [-0.15, -0.1) is 0 Å². The number of hydrogen-bond acceptors (Lipinski definition) is 4. The minimum absolute atomic E-state index is 0.0464. The number of nitrogens with zero attached hydrogens (tertiary/aromatic N) is 1. The number of rotatable bonds is 3. The lowest BCUT2D eigenvalue weighted by molar-refractivity contribution is -0.149. The number of amides is 1. The molecule has 21 heavy (non-hydrogen) atoms. The molecule has 1 N–H and O–H groups in total. The van der Waals surface area contributed by atoms with Gasteiger partial charge in [-0.3, -0.25) is 9.59 Å². The van der Waals surface area contributed by atoms with E-state index in [-0.39, 0.29) is 17.8 Å². The molecule has 0 bridgehead atoms. The van der Waals surface area contributed by atoms with E-state index in [0.717, 1.165) is 17.0 Å². The summed E-state index contributed by atoms with van der Waals surface area (Å²) in [6.07, 6.45) is -0.543. The monoisotopic (exact) mass is 293 g/mol. The van der Waals surface area contributed by atoms with Crippen LogP contribution in [-0.2, 0) is 14.3 Å². The second-order valence-corrected chi connectivity index (χ2v) is 5.07. The number of ether oxygens (including phenoxy) is 1. The van der Waals surface area contributed by atoms with Crippen LogP contribution in [0.15, 0.2) is 18.2 Å². The molecular formula is C14H12FNO5. The van der Waals surface area contributed by atoms with Gasteiger partial charge in [0.05, 0.1) is 23.9 Å². The largest absolute Gasteiger partial charge is 0.479 e. The predicted molar refractivity (Wildman–Crippen MR) is 68.6 cm³/mol. The summed E-state index contributed by atoms with van der Waals surface area (Å²) in [5, 5.41) is 8.87. The van der Waals surface area contributed by atoms with E-state index in [9.17, 15) is 18.8 Å². The summed E-state index contributed by atoms with van der Waals surface area (Å²) >= 11 is 0. The second-order valence-electron chi connectivity index (χ2n) is 5.07. The van der Waals surface area contributed by atoms with Crippen molar-refractivity contribution in [2.75, 3.05) is 11.4 Å². The number of ketones is 1. The summed E-state index contributed by atoms with van der Waals surface area (Å²) in [4.78, 5) is 35.8. The van der Waals surface area contributed by atoms with Crippen LogP contribution in [0, 0.1) is 5.82 Å². The second kappa shape index (κ2) is 4.92. The van der Waals surface area contributed by atoms with Gasteiger partial charge in [-0.2, -0.15) is 0 Å². The number of carbonyl (C=O) groups is 3. The summed E-state index contributed by atoms with van der Waals surface area (Å²) in [5.41, 5.74) is 0.376. The van der Waals surface area contributed by atoms with E-state index in [2.05, 4.69) is 0 Å². The molecule has 0 aliphatic carbocycles. The zero-order chi connectivity index (χ0) is 15.1. The minimum atomic E-state index is -1.05. The van der Waals surface area contributed by atoms with E-state index in [1.165, 1.54) is 6.07 Å². The summed E-state index contributed by atoms with van der Waals surface area (Å²) in [7, 11) is 0. The Balaban J connectivity index is 1.81. The average Bonchev–Trinajstić information content (AvgIpc) is 2.99. The van der Waals surface area contributed by atoms with Crippen LogP contribution in [0.2, 0.25) is 0 Å². The fourth-order valence-corrected chi connectivity index (χ4v) is 2.67. The zero-order valence-electron chi connectivity index (χ0n) is 10.9. The van der Waals surface area contributed by atoms with Crippen molar-refractivity contribution in [3.8, 4) is 0 Å². The molecule has 110 valence electrons. The summed E-state index contributed by atoms with van der Waals surface area (Å²) in [5.74, 6) is -3.01. The van der Waals surface area contributed by atoms with Gasteiger partial charge in [-0.05, 0) is 31.0 Å². The molecule has 2 heterocycles. The van der Waals surface area contributed by atoms with Crippen LogP contribution < -0.4 is 4.90 Å². The molecule has 0 aromatic heterocycles. The van der Waals surface area contributed by atoms with Crippen LogP contribution in [0.5, 0.6) is 0 Å². The number of anilines is 1.